The fourth-order valence-corrected chi connectivity index (χ4v) is 6.19. The summed E-state index contributed by atoms with van der Waals surface area (Å²) in [6, 6.07) is 5.19. The SMILES string of the molecule is CCNC(=O)C1CCN(S(=O)(=O)c2ccc3c(c2)CCCN3C(=O)C2CCC2)CC1. The van der Waals surface area contributed by atoms with Crippen LogP contribution in [0.1, 0.15) is 51.0 Å². The standard InChI is InChI=1S/C22H31N3O4S/c1-2-23-21(26)16-10-13-24(14-11-16)30(28,29)19-8-9-20-18(15-19)7-4-12-25(20)22(27)17-5-3-6-17/h8-9,15-17H,2-7,10-14H2,1H3,(H,23,26). The number of piperidine rings is 1. The van der Waals surface area contributed by atoms with Crippen molar-refractivity contribution in [2.24, 2.45) is 11.8 Å². The maximum Gasteiger partial charge on any atom is 0.243 e. The van der Waals surface area contributed by atoms with Crippen LogP contribution in [-0.2, 0) is 26.0 Å². The van der Waals surface area contributed by atoms with Gasteiger partial charge in [-0.15, -0.1) is 0 Å². The minimum atomic E-state index is -3.61. The molecule has 0 spiro atoms. The summed E-state index contributed by atoms with van der Waals surface area (Å²) >= 11 is 0. The molecule has 164 valence electrons. The van der Waals surface area contributed by atoms with Gasteiger partial charge in [-0.05, 0) is 69.2 Å². The van der Waals surface area contributed by atoms with E-state index in [0.717, 1.165) is 43.4 Å². The van der Waals surface area contributed by atoms with E-state index in [2.05, 4.69) is 5.32 Å². The second-order valence-corrected chi connectivity index (χ2v) is 10.5. The molecular weight excluding hydrogens is 402 g/mol. The Labute approximate surface area is 178 Å². The Hall–Kier alpha value is -1.93. The van der Waals surface area contributed by atoms with Gasteiger partial charge >= 0.3 is 0 Å². The topological polar surface area (TPSA) is 86.8 Å². The van der Waals surface area contributed by atoms with E-state index in [0.29, 0.717) is 39.0 Å². The third-order valence-corrected chi connectivity index (χ3v) is 8.60. The second kappa shape index (κ2) is 8.67. The smallest absolute Gasteiger partial charge is 0.243 e. The van der Waals surface area contributed by atoms with Crippen LogP contribution in [0.25, 0.3) is 0 Å². The first-order valence-corrected chi connectivity index (χ1v) is 12.6. The molecule has 7 nitrogen and oxygen atoms in total. The molecule has 8 heteroatoms. The fraction of sp³-hybridized carbons (Fsp3) is 0.636. The number of nitrogens with zero attached hydrogens (tertiary/aromatic N) is 2. The lowest BCUT2D eigenvalue weighted by Gasteiger charge is -2.35. The van der Waals surface area contributed by atoms with Crippen LogP contribution in [0.5, 0.6) is 0 Å². The number of hydrogen-bond acceptors (Lipinski definition) is 4. The molecule has 1 N–H and O–H groups in total. The molecule has 0 unspecified atom stereocenters. The highest BCUT2D eigenvalue weighted by Gasteiger charge is 2.35. The average Bonchev–Trinajstić information content (AvgIpc) is 2.71. The highest BCUT2D eigenvalue weighted by atomic mass is 32.2. The van der Waals surface area contributed by atoms with Gasteiger partial charge in [-0.3, -0.25) is 9.59 Å². The summed E-state index contributed by atoms with van der Waals surface area (Å²) in [5, 5.41) is 2.82. The number of rotatable bonds is 5. The van der Waals surface area contributed by atoms with Crippen molar-refractivity contribution >= 4 is 27.5 Å². The molecule has 2 heterocycles. The molecule has 0 atom stereocenters. The number of carbonyl (C=O) groups is 2. The van der Waals surface area contributed by atoms with Crippen LogP contribution in [0.2, 0.25) is 0 Å². The Morgan fingerprint density at radius 2 is 1.77 bits per heavy atom. The number of benzene rings is 1. The minimum Gasteiger partial charge on any atom is -0.356 e. The number of fused-ring (bicyclic) bond motifs is 1. The van der Waals surface area contributed by atoms with Gasteiger partial charge in [0.1, 0.15) is 0 Å². The van der Waals surface area contributed by atoms with Crippen molar-refractivity contribution in [2.75, 3.05) is 31.1 Å². The highest BCUT2D eigenvalue weighted by Crippen LogP contribution is 2.35. The molecule has 2 amide bonds. The van der Waals surface area contributed by atoms with Gasteiger partial charge in [0, 0.05) is 43.7 Å². The van der Waals surface area contributed by atoms with E-state index in [4.69, 9.17) is 0 Å². The number of amides is 2. The molecule has 30 heavy (non-hydrogen) atoms. The first-order valence-electron chi connectivity index (χ1n) is 11.1. The summed E-state index contributed by atoms with van der Waals surface area (Å²) in [5.74, 6) is 0.210. The maximum absolute atomic E-state index is 13.2. The number of aryl methyl sites for hydroxylation is 1. The van der Waals surface area contributed by atoms with Crippen LogP contribution < -0.4 is 10.2 Å². The number of anilines is 1. The van der Waals surface area contributed by atoms with Crippen molar-refractivity contribution in [3.05, 3.63) is 23.8 Å². The molecule has 0 radical (unpaired) electrons. The minimum absolute atomic E-state index is 0.0135. The van der Waals surface area contributed by atoms with E-state index in [1.807, 2.05) is 11.8 Å². The zero-order valence-electron chi connectivity index (χ0n) is 17.6. The number of nitrogens with one attached hydrogen (secondary N) is 1. The fourth-order valence-electron chi connectivity index (χ4n) is 4.66. The van der Waals surface area contributed by atoms with E-state index < -0.39 is 10.0 Å². The van der Waals surface area contributed by atoms with E-state index in [-0.39, 0.29) is 28.5 Å². The van der Waals surface area contributed by atoms with Gasteiger partial charge in [-0.1, -0.05) is 6.42 Å². The zero-order valence-corrected chi connectivity index (χ0v) is 18.4. The van der Waals surface area contributed by atoms with Gasteiger partial charge in [-0.2, -0.15) is 4.31 Å². The molecule has 2 aliphatic heterocycles. The molecule has 1 aromatic carbocycles. The summed E-state index contributed by atoms with van der Waals surface area (Å²) in [4.78, 5) is 27.0. The van der Waals surface area contributed by atoms with E-state index in [9.17, 15) is 18.0 Å². The van der Waals surface area contributed by atoms with Gasteiger partial charge in [-0.25, -0.2) is 8.42 Å². The molecule has 1 saturated heterocycles. The Bertz CT molecular complexity index is 918. The Balaban J connectivity index is 1.49. The molecule has 1 aromatic rings. The first-order chi connectivity index (χ1) is 14.4. The van der Waals surface area contributed by atoms with Crippen molar-refractivity contribution in [3.8, 4) is 0 Å². The Morgan fingerprint density at radius 3 is 2.40 bits per heavy atom. The monoisotopic (exact) mass is 433 g/mol. The van der Waals surface area contributed by atoms with E-state index in [1.165, 1.54) is 4.31 Å². The first kappa shape index (κ1) is 21.3. The van der Waals surface area contributed by atoms with E-state index >= 15 is 0 Å². The van der Waals surface area contributed by atoms with Gasteiger partial charge in [0.05, 0.1) is 4.90 Å². The van der Waals surface area contributed by atoms with Crippen molar-refractivity contribution in [1.82, 2.24) is 9.62 Å². The van der Waals surface area contributed by atoms with Crippen LogP contribution in [-0.4, -0.2) is 50.7 Å². The third kappa shape index (κ3) is 3.99. The molecule has 1 saturated carbocycles. The normalized spacial score (nSPS) is 21.0. The van der Waals surface area contributed by atoms with Crippen LogP contribution in [0.4, 0.5) is 5.69 Å². The second-order valence-electron chi connectivity index (χ2n) is 8.58. The van der Waals surface area contributed by atoms with Crippen molar-refractivity contribution in [1.29, 1.82) is 0 Å². The van der Waals surface area contributed by atoms with E-state index in [1.54, 1.807) is 18.2 Å². The van der Waals surface area contributed by atoms with Crippen molar-refractivity contribution in [3.63, 3.8) is 0 Å². The van der Waals surface area contributed by atoms with Gasteiger partial charge in [0.2, 0.25) is 21.8 Å². The predicted molar refractivity (Wildman–Crippen MR) is 115 cm³/mol. The quantitative estimate of drug-likeness (QED) is 0.772. The molecule has 0 bridgehead atoms. The lowest BCUT2D eigenvalue weighted by molar-refractivity contribution is -0.126. The van der Waals surface area contributed by atoms with Crippen LogP contribution >= 0.6 is 0 Å². The molecule has 4 rings (SSSR count). The van der Waals surface area contributed by atoms with Crippen molar-refractivity contribution < 1.29 is 18.0 Å². The van der Waals surface area contributed by atoms with Crippen molar-refractivity contribution in [2.45, 2.75) is 56.8 Å². The molecule has 1 aliphatic carbocycles. The largest absolute Gasteiger partial charge is 0.356 e. The number of sulfonamides is 1. The molecule has 2 fully saturated rings. The molecule has 3 aliphatic rings. The summed E-state index contributed by atoms with van der Waals surface area (Å²) in [5.41, 5.74) is 1.80. The summed E-state index contributed by atoms with van der Waals surface area (Å²) in [6.45, 7) is 3.89. The Morgan fingerprint density at radius 1 is 1.03 bits per heavy atom. The lowest BCUT2D eigenvalue weighted by Crippen LogP contribution is -2.43. The molecule has 0 aromatic heterocycles. The van der Waals surface area contributed by atoms with Gasteiger partial charge in [0.15, 0.2) is 0 Å². The third-order valence-electron chi connectivity index (χ3n) is 6.70. The number of hydrogen-bond donors (Lipinski definition) is 1. The zero-order chi connectivity index (χ0) is 21.3. The summed E-state index contributed by atoms with van der Waals surface area (Å²) < 4.78 is 27.9. The average molecular weight is 434 g/mol. The van der Waals surface area contributed by atoms with Crippen LogP contribution in [0, 0.1) is 11.8 Å². The lowest BCUT2D eigenvalue weighted by atomic mass is 9.83. The number of carbonyl (C=O) groups excluding carboxylic acids is 2. The summed E-state index contributed by atoms with van der Waals surface area (Å²) in [6.07, 6.45) is 5.76. The van der Waals surface area contributed by atoms with Gasteiger partial charge < -0.3 is 10.2 Å². The Kier molecular flexibility index (Phi) is 6.16. The van der Waals surface area contributed by atoms with Crippen LogP contribution in [0.15, 0.2) is 23.1 Å². The highest BCUT2D eigenvalue weighted by molar-refractivity contribution is 7.89. The molecular formula is C22H31N3O4S. The van der Waals surface area contributed by atoms with Crippen LogP contribution in [0.3, 0.4) is 0 Å². The predicted octanol–water partition coefficient (Wildman–Crippen LogP) is 2.30. The summed E-state index contributed by atoms with van der Waals surface area (Å²) in [7, 11) is -3.61. The van der Waals surface area contributed by atoms with Gasteiger partial charge in [0.25, 0.3) is 0 Å². The maximum atomic E-state index is 13.2.